The lowest BCUT2D eigenvalue weighted by Gasteiger charge is -2.36. The fraction of sp³-hybridized carbons (Fsp3) is 0.265. The summed E-state index contributed by atoms with van der Waals surface area (Å²) < 4.78 is 0. The van der Waals surface area contributed by atoms with Gasteiger partial charge in [0.15, 0.2) is 0 Å². The number of carbonyl (C=O) groups is 1. The SMILES string of the molecule is Cc1cc(C2(c3cc(C)c(N)c(C(C)C)c3)c3ccccc3-c3ccc(C(=O)O)cc32)cc(C(C)C)c1N. The number of anilines is 2. The molecule has 0 bridgehead atoms. The zero-order valence-electron chi connectivity index (χ0n) is 23.0. The Kier molecular flexibility index (Phi) is 6.10. The molecule has 0 heterocycles. The van der Waals surface area contributed by atoms with Gasteiger partial charge in [0.2, 0.25) is 0 Å². The summed E-state index contributed by atoms with van der Waals surface area (Å²) in [5, 5.41) is 10.0. The van der Waals surface area contributed by atoms with Crippen LogP contribution in [0.3, 0.4) is 0 Å². The Morgan fingerprint density at radius 1 is 0.711 bits per heavy atom. The van der Waals surface area contributed by atoms with Crippen LogP contribution in [0.2, 0.25) is 0 Å². The molecule has 0 aromatic heterocycles. The monoisotopic (exact) mass is 504 g/mol. The molecule has 0 saturated heterocycles. The van der Waals surface area contributed by atoms with Crippen LogP contribution in [-0.2, 0) is 5.41 Å². The Bertz CT molecular complexity index is 1530. The molecule has 0 spiro atoms. The molecule has 4 heteroatoms. The molecule has 1 aliphatic rings. The summed E-state index contributed by atoms with van der Waals surface area (Å²) >= 11 is 0. The minimum absolute atomic E-state index is 0.228. The molecule has 0 amide bonds. The third-order valence-electron chi connectivity index (χ3n) is 8.24. The lowest BCUT2D eigenvalue weighted by Crippen LogP contribution is -2.30. The summed E-state index contributed by atoms with van der Waals surface area (Å²) in [7, 11) is 0. The van der Waals surface area contributed by atoms with E-state index < -0.39 is 11.4 Å². The van der Waals surface area contributed by atoms with Crippen LogP contribution in [0.5, 0.6) is 0 Å². The average molecular weight is 505 g/mol. The number of nitrogens with two attached hydrogens (primary N) is 2. The van der Waals surface area contributed by atoms with Crippen LogP contribution >= 0.6 is 0 Å². The molecule has 4 nitrogen and oxygen atoms in total. The molecule has 0 unspecified atom stereocenters. The Balaban J connectivity index is 2.03. The van der Waals surface area contributed by atoms with Gasteiger partial charge < -0.3 is 16.6 Å². The predicted octanol–water partition coefficient (Wildman–Crippen LogP) is 7.78. The van der Waals surface area contributed by atoms with Crippen LogP contribution in [0.1, 0.15) is 94.4 Å². The van der Waals surface area contributed by atoms with Gasteiger partial charge in [-0.3, -0.25) is 0 Å². The predicted molar refractivity (Wildman–Crippen MR) is 157 cm³/mol. The van der Waals surface area contributed by atoms with Crippen molar-refractivity contribution in [3.63, 3.8) is 0 Å². The smallest absolute Gasteiger partial charge is 0.335 e. The van der Waals surface area contributed by atoms with Crippen molar-refractivity contribution < 1.29 is 9.90 Å². The molecule has 4 aromatic carbocycles. The summed E-state index contributed by atoms with van der Waals surface area (Å²) in [6, 6.07) is 22.8. The highest BCUT2D eigenvalue weighted by Crippen LogP contribution is 2.57. The first kappa shape index (κ1) is 25.6. The number of hydrogen-bond donors (Lipinski definition) is 3. The second kappa shape index (κ2) is 9.05. The number of carboxylic acids is 1. The largest absolute Gasteiger partial charge is 0.478 e. The van der Waals surface area contributed by atoms with Gasteiger partial charge in [-0.2, -0.15) is 0 Å². The zero-order valence-corrected chi connectivity index (χ0v) is 23.0. The van der Waals surface area contributed by atoms with Crippen molar-refractivity contribution in [1.82, 2.24) is 0 Å². The molecule has 0 fully saturated rings. The lowest BCUT2D eigenvalue weighted by atomic mass is 9.65. The van der Waals surface area contributed by atoms with Crippen LogP contribution in [0.15, 0.2) is 66.7 Å². The maximum Gasteiger partial charge on any atom is 0.335 e. The van der Waals surface area contributed by atoms with Gasteiger partial charge in [-0.15, -0.1) is 0 Å². The molecule has 0 saturated carbocycles. The number of fused-ring (bicyclic) bond motifs is 3. The van der Waals surface area contributed by atoms with E-state index in [1.54, 1.807) is 6.07 Å². The van der Waals surface area contributed by atoms with E-state index >= 15 is 0 Å². The first-order chi connectivity index (χ1) is 18.0. The van der Waals surface area contributed by atoms with Crippen molar-refractivity contribution in [2.45, 2.75) is 58.8 Å². The van der Waals surface area contributed by atoms with Gasteiger partial charge in [0, 0.05) is 11.4 Å². The fourth-order valence-electron chi connectivity index (χ4n) is 6.24. The molecular formula is C34H36N2O2. The van der Waals surface area contributed by atoms with Crippen molar-refractivity contribution in [3.05, 3.63) is 117 Å². The summed E-state index contributed by atoms with van der Waals surface area (Å²) in [5.41, 5.74) is 25.0. The van der Waals surface area contributed by atoms with Gasteiger partial charge in [0.25, 0.3) is 0 Å². The molecule has 0 atom stereocenters. The van der Waals surface area contributed by atoms with Crippen LogP contribution in [0.25, 0.3) is 11.1 Å². The van der Waals surface area contributed by atoms with E-state index in [0.717, 1.165) is 67.0 Å². The minimum Gasteiger partial charge on any atom is -0.478 e. The standard InChI is InChI=1S/C34H36N2O2/c1-18(2)27-16-23(13-20(5)31(27)35)34(24-14-21(6)32(36)28(17-24)19(3)4)29-10-8-7-9-25(29)26-12-11-22(33(37)38)15-30(26)34/h7-19H,35-36H2,1-6H3,(H,37,38). The van der Waals surface area contributed by atoms with Gasteiger partial charge in [-0.25, -0.2) is 4.79 Å². The van der Waals surface area contributed by atoms with Crippen molar-refractivity contribution in [2.24, 2.45) is 0 Å². The number of aromatic carboxylic acids is 1. The summed E-state index contributed by atoms with van der Waals surface area (Å²) in [5.74, 6) is -0.483. The quantitative estimate of drug-likeness (QED) is 0.213. The van der Waals surface area contributed by atoms with E-state index in [2.05, 4.69) is 84.0 Å². The highest BCUT2D eigenvalue weighted by Gasteiger charge is 2.47. The molecule has 0 radical (unpaired) electrons. The molecule has 0 aliphatic heterocycles. The van der Waals surface area contributed by atoms with Gasteiger partial charge >= 0.3 is 5.97 Å². The molecule has 194 valence electrons. The van der Waals surface area contributed by atoms with Crippen LogP contribution < -0.4 is 11.5 Å². The third-order valence-corrected chi connectivity index (χ3v) is 8.24. The van der Waals surface area contributed by atoms with E-state index in [4.69, 9.17) is 11.5 Å². The van der Waals surface area contributed by atoms with Crippen molar-refractivity contribution in [1.29, 1.82) is 0 Å². The molecule has 4 aromatic rings. The number of carboxylic acid groups (broad SMARTS) is 1. The highest BCUT2D eigenvalue weighted by molar-refractivity contribution is 5.93. The van der Waals surface area contributed by atoms with Gasteiger partial charge in [-0.1, -0.05) is 82.3 Å². The number of nitrogen functional groups attached to an aromatic ring is 2. The lowest BCUT2D eigenvalue weighted by molar-refractivity contribution is 0.0696. The second-order valence-corrected chi connectivity index (χ2v) is 11.3. The van der Waals surface area contributed by atoms with Crippen LogP contribution in [0, 0.1) is 13.8 Å². The zero-order chi connectivity index (χ0) is 27.5. The number of benzene rings is 4. The number of rotatable bonds is 5. The Labute approximate surface area is 225 Å². The van der Waals surface area contributed by atoms with E-state index in [1.807, 2.05) is 18.2 Å². The maximum atomic E-state index is 12.2. The minimum atomic E-state index is -0.939. The van der Waals surface area contributed by atoms with Gasteiger partial charge in [0.05, 0.1) is 11.0 Å². The average Bonchev–Trinajstić information content (AvgIpc) is 3.17. The van der Waals surface area contributed by atoms with Gasteiger partial charge in [0.1, 0.15) is 0 Å². The van der Waals surface area contributed by atoms with Crippen molar-refractivity contribution in [3.8, 4) is 11.1 Å². The van der Waals surface area contributed by atoms with Crippen molar-refractivity contribution >= 4 is 17.3 Å². The Morgan fingerprint density at radius 2 is 1.21 bits per heavy atom. The first-order valence-electron chi connectivity index (χ1n) is 13.3. The van der Waals surface area contributed by atoms with E-state index in [-0.39, 0.29) is 17.4 Å². The fourth-order valence-corrected chi connectivity index (χ4v) is 6.24. The van der Waals surface area contributed by atoms with Crippen LogP contribution in [-0.4, -0.2) is 11.1 Å². The Hall–Kier alpha value is -4.05. The topological polar surface area (TPSA) is 89.3 Å². The third kappa shape index (κ3) is 3.62. The van der Waals surface area contributed by atoms with E-state index in [0.29, 0.717) is 0 Å². The first-order valence-corrected chi connectivity index (χ1v) is 13.3. The normalized spacial score (nSPS) is 13.6. The maximum absolute atomic E-state index is 12.2. The summed E-state index contributed by atoms with van der Waals surface area (Å²) in [4.78, 5) is 12.2. The molecular weight excluding hydrogens is 468 g/mol. The molecule has 5 rings (SSSR count). The van der Waals surface area contributed by atoms with Crippen molar-refractivity contribution in [2.75, 3.05) is 11.5 Å². The second-order valence-electron chi connectivity index (χ2n) is 11.3. The van der Waals surface area contributed by atoms with Gasteiger partial charge in [-0.05, 0) is 93.5 Å². The number of hydrogen-bond acceptors (Lipinski definition) is 3. The van der Waals surface area contributed by atoms with Crippen LogP contribution in [0.4, 0.5) is 11.4 Å². The summed E-state index contributed by atoms with van der Waals surface area (Å²) in [6.07, 6.45) is 0. The van der Waals surface area contributed by atoms with E-state index in [1.165, 1.54) is 0 Å². The Morgan fingerprint density at radius 3 is 1.71 bits per heavy atom. The number of aryl methyl sites for hydroxylation is 2. The molecule has 1 aliphatic carbocycles. The molecule has 38 heavy (non-hydrogen) atoms. The summed E-state index contributed by atoms with van der Waals surface area (Å²) in [6.45, 7) is 12.7. The van der Waals surface area contributed by atoms with E-state index in [9.17, 15) is 9.90 Å². The highest BCUT2D eigenvalue weighted by atomic mass is 16.4. The molecule has 5 N–H and O–H groups in total.